The van der Waals surface area contributed by atoms with E-state index in [4.69, 9.17) is 4.74 Å². The standard InChI is InChI=1S/C26H26O/c1-19-7-3-5-9-24(19)26-22(16-15-21-8-4-6-10-25(21)26)14-11-20-12-17-23(27-2)18-13-20/h4,6,8,10-18H,3,5,7,9H2,1-2H3/b14-11+. The first-order valence-corrected chi connectivity index (χ1v) is 9.79. The van der Waals surface area contributed by atoms with Crippen molar-refractivity contribution in [3.05, 3.63) is 82.9 Å². The third kappa shape index (κ3) is 3.68. The van der Waals surface area contributed by atoms with Crippen LogP contribution < -0.4 is 4.74 Å². The van der Waals surface area contributed by atoms with E-state index in [1.807, 2.05) is 12.1 Å². The Labute approximate surface area is 162 Å². The van der Waals surface area contributed by atoms with Gasteiger partial charge in [-0.05, 0) is 77.8 Å². The molecule has 3 aromatic carbocycles. The first-order chi connectivity index (χ1) is 13.3. The molecule has 0 radical (unpaired) electrons. The highest BCUT2D eigenvalue weighted by Crippen LogP contribution is 2.38. The van der Waals surface area contributed by atoms with Crippen LogP contribution in [0.5, 0.6) is 5.75 Å². The molecule has 4 rings (SSSR count). The van der Waals surface area contributed by atoms with Crippen molar-refractivity contribution < 1.29 is 4.74 Å². The average Bonchev–Trinajstić information content (AvgIpc) is 2.73. The Kier molecular flexibility index (Phi) is 5.11. The highest BCUT2D eigenvalue weighted by Gasteiger charge is 2.16. The Hall–Kier alpha value is -2.80. The normalized spacial score (nSPS) is 14.9. The lowest BCUT2D eigenvalue weighted by Crippen LogP contribution is -2.00. The van der Waals surface area contributed by atoms with Crippen LogP contribution in [0.3, 0.4) is 0 Å². The molecule has 0 bridgehead atoms. The SMILES string of the molecule is COc1ccc(/C=C/c2ccc3ccccc3c2C2=C(C)CCCC2)cc1. The molecule has 0 unspecified atom stereocenters. The molecular weight excluding hydrogens is 328 g/mol. The molecule has 0 spiro atoms. The lowest BCUT2D eigenvalue weighted by molar-refractivity contribution is 0.415. The second-order valence-electron chi connectivity index (χ2n) is 7.32. The summed E-state index contributed by atoms with van der Waals surface area (Å²) >= 11 is 0. The number of methoxy groups -OCH3 is 1. The van der Waals surface area contributed by atoms with Gasteiger partial charge in [-0.3, -0.25) is 0 Å². The van der Waals surface area contributed by atoms with Crippen molar-refractivity contribution >= 4 is 28.5 Å². The zero-order chi connectivity index (χ0) is 18.6. The summed E-state index contributed by atoms with van der Waals surface area (Å²) in [6.45, 7) is 2.31. The van der Waals surface area contributed by atoms with Gasteiger partial charge in [-0.25, -0.2) is 0 Å². The third-order valence-corrected chi connectivity index (χ3v) is 5.58. The fourth-order valence-corrected chi connectivity index (χ4v) is 4.06. The predicted molar refractivity (Wildman–Crippen MR) is 117 cm³/mol. The lowest BCUT2D eigenvalue weighted by Gasteiger charge is -2.21. The van der Waals surface area contributed by atoms with E-state index in [0.29, 0.717) is 0 Å². The van der Waals surface area contributed by atoms with Gasteiger partial charge in [0.2, 0.25) is 0 Å². The van der Waals surface area contributed by atoms with Gasteiger partial charge in [-0.15, -0.1) is 0 Å². The van der Waals surface area contributed by atoms with Crippen LogP contribution in [0.2, 0.25) is 0 Å². The van der Waals surface area contributed by atoms with Crippen LogP contribution in [-0.4, -0.2) is 7.11 Å². The molecule has 27 heavy (non-hydrogen) atoms. The summed E-state index contributed by atoms with van der Waals surface area (Å²) in [7, 11) is 1.70. The average molecular weight is 354 g/mol. The number of hydrogen-bond donors (Lipinski definition) is 0. The number of rotatable bonds is 4. The summed E-state index contributed by atoms with van der Waals surface area (Å²) in [6, 6.07) is 21.5. The van der Waals surface area contributed by atoms with Crippen LogP contribution in [-0.2, 0) is 0 Å². The quantitative estimate of drug-likeness (QED) is 0.444. The van der Waals surface area contributed by atoms with Crippen molar-refractivity contribution in [1.29, 1.82) is 0 Å². The van der Waals surface area contributed by atoms with E-state index in [1.165, 1.54) is 53.1 Å². The molecule has 1 aliphatic carbocycles. The topological polar surface area (TPSA) is 9.23 Å². The summed E-state index contributed by atoms with van der Waals surface area (Å²) in [5.41, 5.74) is 7.02. The maximum atomic E-state index is 5.26. The van der Waals surface area contributed by atoms with Crippen molar-refractivity contribution in [1.82, 2.24) is 0 Å². The molecule has 0 aliphatic heterocycles. The minimum Gasteiger partial charge on any atom is -0.497 e. The van der Waals surface area contributed by atoms with Gasteiger partial charge < -0.3 is 4.74 Å². The molecule has 1 aliphatic rings. The Morgan fingerprint density at radius 3 is 2.37 bits per heavy atom. The molecule has 1 nitrogen and oxygen atoms in total. The van der Waals surface area contributed by atoms with Gasteiger partial charge in [0.15, 0.2) is 0 Å². The van der Waals surface area contributed by atoms with Gasteiger partial charge in [0.25, 0.3) is 0 Å². The smallest absolute Gasteiger partial charge is 0.118 e. The zero-order valence-electron chi connectivity index (χ0n) is 16.2. The summed E-state index contributed by atoms with van der Waals surface area (Å²) < 4.78 is 5.26. The molecule has 1 heteroatoms. The summed E-state index contributed by atoms with van der Waals surface area (Å²) in [5, 5.41) is 2.69. The molecule has 0 amide bonds. The molecule has 0 N–H and O–H groups in total. The second kappa shape index (κ2) is 7.84. The minimum absolute atomic E-state index is 0.890. The van der Waals surface area contributed by atoms with E-state index in [9.17, 15) is 0 Å². The molecule has 0 saturated carbocycles. The van der Waals surface area contributed by atoms with Gasteiger partial charge in [-0.2, -0.15) is 0 Å². The molecule has 0 fully saturated rings. The van der Waals surface area contributed by atoms with Gasteiger partial charge in [-0.1, -0.05) is 66.3 Å². The van der Waals surface area contributed by atoms with Crippen molar-refractivity contribution in [2.24, 2.45) is 0 Å². The number of ether oxygens (including phenoxy) is 1. The second-order valence-corrected chi connectivity index (χ2v) is 7.32. The molecule has 0 aromatic heterocycles. The van der Waals surface area contributed by atoms with Crippen molar-refractivity contribution in [3.63, 3.8) is 0 Å². The highest BCUT2D eigenvalue weighted by atomic mass is 16.5. The van der Waals surface area contributed by atoms with Crippen molar-refractivity contribution in [3.8, 4) is 5.75 Å². The van der Waals surface area contributed by atoms with Crippen LogP contribution in [0.4, 0.5) is 0 Å². The third-order valence-electron chi connectivity index (χ3n) is 5.58. The molecule has 3 aromatic rings. The highest BCUT2D eigenvalue weighted by molar-refractivity contribution is 5.99. The van der Waals surface area contributed by atoms with Crippen LogP contribution in [0.1, 0.15) is 49.3 Å². The van der Waals surface area contributed by atoms with Crippen LogP contribution >= 0.6 is 0 Å². The number of fused-ring (bicyclic) bond motifs is 1. The van der Waals surface area contributed by atoms with Gasteiger partial charge in [0.1, 0.15) is 5.75 Å². The fraction of sp³-hybridized carbons (Fsp3) is 0.231. The van der Waals surface area contributed by atoms with E-state index < -0.39 is 0 Å². The van der Waals surface area contributed by atoms with Crippen LogP contribution in [0.15, 0.2) is 66.2 Å². The first kappa shape index (κ1) is 17.6. The van der Waals surface area contributed by atoms with Gasteiger partial charge >= 0.3 is 0 Å². The van der Waals surface area contributed by atoms with Crippen molar-refractivity contribution in [2.45, 2.75) is 32.6 Å². The van der Waals surface area contributed by atoms with Gasteiger partial charge in [0.05, 0.1) is 7.11 Å². The molecule has 0 saturated heterocycles. The van der Waals surface area contributed by atoms with Crippen LogP contribution in [0, 0.1) is 0 Å². The monoisotopic (exact) mass is 354 g/mol. The molecule has 0 atom stereocenters. The summed E-state index contributed by atoms with van der Waals surface area (Å²) in [5.74, 6) is 0.890. The van der Waals surface area contributed by atoms with Crippen LogP contribution in [0.25, 0.3) is 28.5 Å². The molecular formula is C26H26O. The molecule has 136 valence electrons. The number of benzene rings is 3. The van der Waals surface area contributed by atoms with Gasteiger partial charge in [0, 0.05) is 0 Å². The Bertz CT molecular complexity index is 1010. The number of hydrogen-bond acceptors (Lipinski definition) is 1. The number of allylic oxidation sites excluding steroid dienone is 2. The van der Waals surface area contributed by atoms with E-state index >= 15 is 0 Å². The Morgan fingerprint density at radius 1 is 0.815 bits per heavy atom. The zero-order valence-corrected chi connectivity index (χ0v) is 16.2. The van der Waals surface area contributed by atoms with E-state index in [-0.39, 0.29) is 0 Å². The van der Waals surface area contributed by atoms with E-state index in [0.717, 1.165) is 5.75 Å². The fourth-order valence-electron chi connectivity index (χ4n) is 4.06. The lowest BCUT2D eigenvalue weighted by atomic mass is 9.83. The van der Waals surface area contributed by atoms with Crippen molar-refractivity contribution in [2.75, 3.05) is 7.11 Å². The summed E-state index contributed by atoms with van der Waals surface area (Å²) in [6.07, 6.45) is 9.47. The first-order valence-electron chi connectivity index (χ1n) is 9.79. The minimum atomic E-state index is 0.890. The Morgan fingerprint density at radius 2 is 1.59 bits per heavy atom. The van der Waals surface area contributed by atoms with E-state index in [1.54, 1.807) is 18.3 Å². The maximum Gasteiger partial charge on any atom is 0.118 e. The largest absolute Gasteiger partial charge is 0.497 e. The summed E-state index contributed by atoms with van der Waals surface area (Å²) in [4.78, 5) is 0. The molecule has 0 heterocycles. The van der Waals surface area contributed by atoms with E-state index in [2.05, 4.69) is 67.6 Å². The maximum absolute atomic E-state index is 5.26. The predicted octanol–water partition coefficient (Wildman–Crippen LogP) is 7.37. The Balaban J connectivity index is 1.82.